The number of nitrogens with zero attached hydrogens (tertiary/aromatic N) is 1. The fourth-order valence-electron chi connectivity index (χ4n) is 4.12. The Morgan fingerprint density at radius 3 is 2.27 bits per heavy atom. The van der Waals surface area contributed by atoms with E-state index < -0.39 is 24.5 Å². The van der Waals surface area contributed by atoms with Crippen molar-refractivity contribution in [3.05, 3.63) is 29.8 Å². The molecule has 2 aliphatic rings. The van der Waals surface area contributed by atoms with Gasteiger partial charge in [0.15, 0.2) is 6.61 Å². The Kier molecular flexibility index (Phi) is 7.07. The molecule has 1 aromatic carbocycles. The van der Waals surface area contributed by atoms with Crippen LogP contribution < -0.4 is 10.1 Å². The third-order valence-electron chi connectivity index (χ3n) is 5.84. The van der Waals surface area contributed by atoms with Gasteiger partial charge in [-0.05, 0) is 43.9 Å². The summed E-state index contributed by atoms with van der Waals surface area (Å²) in [4.78, 5) is 50.4. The molecule has 1 aromatic rings. The number of hydrogen-bond donors (Lipinski definition) is 1. The van der Waals surface area contributed by atoms with E-state index in [4.69, 9.17) is 9.47 Å². The maximum Gasteiger partial charge on any atom is 0.329 e. The molecule has 1 aliphatic carbocycles. The van der Waals surface area contributed by atoms with Gasteiger partial charge in [-0.1, -0.05) is 25.0 Å². The zero-order valence-corrected chi connectivity index (χ0v) is 17.4. The van der Waals surface area contributed by atoms with Crippen molar-refractivity contribution in [2.24, 2.45) is 11.8 Å². The number of amides is 3. The van der Waals surface area contributed by atoms with Gasteiger partial charge in [0, 0.05) is 6.54 Å². The van der Waals surface area contributed by atoms with Crippen LogP contribution in [0.3, 0.4) is 0 Å². The lowest BCUT2D eigenvalue weighted by Gasteiger charge is -2.21. The molecule has 1 saturated carbocycles. The maximum atomic E-state index is 12.6. The molecule has 8 nitrogen and oxygen atoms in total. The van der Waals surface area contributed by atoms with Crippen LogP contribution >= 0.6 is 0 Å². The molecule has 3 amide bonds. The standard InChI is InChI=1S/C22H28N2O6/c1-14(24-20(26)17-5-3-4-6-18(17)21(24)27)22(28)30-13-19(25)23-12-11-15-7-9-16(29-2)10-8-15/h7-10,14,17-18H,3-6,11-13H2,1-2H3,(H,23,25)/t14-,17+,18+/m0/s1. The number of imide groups is 1. The number of carbonyl (C=O) groups is 4. The van der Waals surface area contributed by atoms with Gasteiger partial charge in [0.2, 0.25) is 11.8 Å². The van der Waals surface area contributed by atoms with Crippen molar-refractivity contribution < 1.29 is 28.7 Å². The van der Waals surface area contributed by atoms with E-state index in [1.54, 1.807) is 7.11 Å². The van der Waals surface area contributed by atoms with E-state index in [2.05, 4.69) is 5.32 Å². The Morgan fingerprint density at radius 1 is 1.10 bits per heavy atom. The molecule has 162 valence electrons. The Hall–Kier alpha value is -2.90. The highest BCUT2D eigenvalue weighted by Crippen LogP contribution is 2.38. The SMILES string of the molecule is COc1ccc(CCNC(=O)COC(=O)[C@H](C)N2C(=O)[C@@H]3CCCC[C@H]3C2=O)cc1. The minimum absolute atomic E-state index is 0.293. The number of methoxy groups -OCH3 is 1. The highest BCUT2D eigenvalue weighted by Gasteiger charge is 2.51. The van der Waals surface area contributed by atoms with Gasteiger partial charge in [-0.15, -0.1) is 0 Å². The number of carbonyl (C=O) groups excluding carboxylic acids is 4. The van der Waals surface area contributed by atoms with Gasteiger partial charge < -0.3 is 14.8 Å². The Labute approximate surface area is 175 Å². The van der Waals surface area contributed by atoms with E-state index in [9.17, 15) is 19.2 Å². The van der Waals surface area contributed by atoms with E-state index in [-0.39, 0.29) is 23.7 Å². The first kappa shape index (κ1) is 21.8. The van der Waals surface area contributed by atoms with Crippen LogP contribution in [0.1, 0.15) is 38.2 Å². The summed E-state index contributed by atoms with van der Waals surface area (Å²) >= 11 is 0. The van der Waals surface area contributed by atoms with Crippen LogP contribution in [0.4, 0.5) is 0 Å². The van der Waals surface area contributed by atoms with Crippen LogP contribution in [0, 0.1) is 11.8 Å². The van der Waals surface area contributed by atoms with Crippen LogP contribution in [-0.4, -0.2) is 54.9 Å². The Morgan fingerprint density at radius 2 is 1.70 bits per heavy atom. The fourth-order valence-corrected chi connectivity index (χ4v) is 4.12. The van der Waals surface area contributed by atoms with Gasteiger partial charge >= 0.3 is 5.97 Å². The smallest absolute Gasteiger partial charge is 0.329 e. The normalized spacial score (nSPS) is 21.7. The molecule has 3 rings (SSSR count). The molecule has 1 heterocycles. The van der Waals surface area contributed by atoms with Gasteiger partial charge in [0.05, 0.1) is 18.9 Å². The van der Waals surface area contributed by atoms with Crippen LogP contribution in [0.25, 0.3) is 0 Å². The highest BCUT2D eigenvalue weighted by molar-refractivity contribution is 6.07. The fraction of sp³-hybridized carbons (Fsp3) is 0.545. The molecule has 0 aromatic heterocycles. The highest BCUT2D eigenvalue weighted by atomic mass is 16.5. The first-order valence-electron chi connectivity index (χ1n) is 10.4. The van der Waals surface area contributed by atoms with Crippen molar-refractivity contribution in [2.75, 3.05) is 20.3 Å². The molecule has 0 radical (unpaired) electrons. The van der Waals surface area contributed by atoms with Crippen LogP contribution in [0.5, 0.6) is 5.75 Å². The average Bonchev–Trinajstić information content (AvgIpc) is 3.02. The molecular weight excluding hydrogens is 388 g/mol. The van der Waals surface area contributed by atoms with Gasteiger partial charge in [-0.2, -0.15) is 0 Å². The zero-order chi connectivity index (χ0) is 21.7. The second kappa shape index (κ2) is 9.73. The number of rotatable bonds is 8. The first-order chi connectivity index (χ1) is 14.4. The zero-order valence-electron chi connectivity index (χ0n) is 17.4. The van der Waals surface area contributed by atoms with E-state index >= 15 is 0 Å². The monoisotopic (exact) mass is 416 g/mol. The molecule has 1 N–H and O–H groups in total. The quantitative estimate of drug-likeness (QED) is 0.509. The first-order valence-corrected chi connectivity index (χ1v) is 10.4. The number of esters is 1. The van der Waals surface area contributed by atoms with E-state index in [1.165, 1.54) is 6.92 Å². The molecule has 3 atom stereocenters. The van der Waals surface area contributed by atoms with Crippen molar-refractivity contribution >= 4 is 23.7 Å². The third-order valence-corrected chi connectivity index (χ3v) is 5.84. The summed E-state index contributed by atoms with van der Waals surface area (Å²) in [6.45, 7) is 1.41. The summed E-state index contributed by atoms with van der Waals surface area (Å²) in [7, 11) is 1.60. The number of hydrogen-bond acceptors (Lipinski definition) is 6. The van der Waals surface area contributed by atoms with Crippen molar-refractivity contribution in [1.29, 1.82) is 0 Å². The molecule has 30 heavy (non-hydrogen) atoms. The predicted octanol–water partition coefficient (Wildman–Crippen LogP) is 1.46. The lowest BCUT2D eigenvalue weighted by Crippen LogP contribution is -2.45. The van der Waals surface area contributed by atoms with Gasteiger partial charge in [-0.3, -0.25) is 19.3 Å². The van der Waals surface area contributed by atoms with Gasteiger partial charge in [0.1, 0.15) is 11.8 Å². The van der Waals surface area contributed by atoms with Crippen molar-refractivity contribution in [1.82, 2.24) is 10.2 Å². The maximum absolute atomic E-state index is 12.6. The van der Waals surface area contributed by atoms with Gasteiger partial charge in [-0.25, -0.2) is 4.79 Å². The number of benzene rings is 1. The lowest BCUT2D eigenvalue weighted by molar-refractivity contribution is -0.159. The Balaban J connectivity index is 1.42. The summed E-state index contributed by atoms with van der Waals surface area (Å²) in [5.41, 5.74) is 1.04. The second-order valence-electron chi connectivity index (χ2n) is 7.78. The third kappa shape index (κ3) is 4.80. The number of ether oxygens (including phenoxy) is 2. The number of nitrogens with one attached hydrogen (secondary N) is 1. The molecular formula is C22H28N2O6. The number of fused-ring (bicyclic) bond motifs is 1. The molecule has 2 fully saturated rings. The minimum atomic E-state index is -1.03. The molecule has 8 heteroatoms. The van der Waals surface area contributed by atoms with Crippen molar-refractivity contribution in [3.8, 4) is 5.75 Å². The minimum Gasteiger partial charge on any atom is -0.497 e. The van der Waals surface area contributed by atoms with Crippen molar-refractivity contribution in [2.45, 2.75) is 45.1 Å². The summed E-state index contributed by atoms with van der Waals surface area (Å²) in [6, 6.07) is 6.49. The molecule has 0 unspecified atom stereocenters. The largest absolute Gasteiger partial charge is 0.497 e. The van der Waals surface area contributed by atoms with Crippen LogP contribution in [0.2, 0.25) is 0 Å². The topological polar surface area (TPSA) is 102 Å². The Bertz CT molecular complexity index is 782. The predicted molar refractivity (Wildman–Crippen MR) is 107 cm³/mol. The molecule has 0 spiro atoms. The summed E-state index contributed by atoms with van der Waals surface area (Å²) in [5.74, 6) is -1.64. The van der Waals surface area contributed by atoms with Crippen LogP contribution in [0.15, 0.2) is 24.3 Å². The summed E-state index contributed by atoms with van der Waals surface area (Å²) < 4.78 is 10.1. The van der Waals surface area contributed by atoms with E-state index in [0.29, 0.717) is 25.8 Å². The van der Waals surface area contributed by atoms with Crippen LogP contribution in [-0.2, 0) is 30.3 Å². The van der Waals surface area contributed by atoms with Gasteiger partial charge in [0.25, 0.3) is 5.91 Å². The summed E-state index contributed by atoms with van der Waals surface area (Å²) in [6.07, 6.45) is 3.83. The average molecular weight is 416 g/mol. The molecule has 1 aliphatic heterocycles. The van der Waals surface area contributed by atoms with Crippen molar-refractivity contribution in [3.63, 3.8) is 0 Å². The lowest BCUT2D eigenvalue weighted by atomic mass is 9.81. The second-order valence-corrected chi connectivity index (χ2v) is 7.78. The van der Waals surface area contributed by atoms with E-state index in [1.807, 2.05) is 24.3 Å². The van der Waals surface area contributed by atoms with E-state index in [0.717, 1.165) is 29.1 Å². The molecule has 0 bridgehead atoms. The number of likely N-dealkylation sites (tertiary alicyclic amines) is 1. The molecule has 1 saturated heterocycles. The summed E-state index contributed by atoms with van der Waals surface area (Å²) in [5, 5.41) is 2.69.